The SMILES string of the molecule is CC=Cc1cccc(CC)c1OC. The molecular weight excluding hydrogens is 160 g/mol. The molecule has 0 radical (unpaired) electrons. The number of rotatable bonds is 3. The van der Waals surface area contributed by atoms with Crippen LogP contribution in [0.4, 0.5) is 0 Å². The summed E-state index contributed by atoms with van der Waals surface area (Å²) < 4.78 is 5.37. The lowest BCUT2D eigenvalue weighted by Crippen LogP contribution is -1.92. The summed E-state index contributed by atoms with van der Waals surface area (Å²) in [5.74, 6) is 1.00. The second-order valence-corrected chi connectivity index (χ2v) is 2.89. The fraction of sp³-hybridized carbons (Fsp3) is 0.333. The molecule has 0 heterocycles. The first-order chi connectivity index (χ1) is 6.33. The van der Waals surface area contributed by atoms with Gasteiger partial charge < -0.3 is 4.74 Å². The minimum Gasteiger partial charge on any atom is -0.496 e. The minimum absolute atomic E-state index is 1.00. The van der Waals surface area contributed by atoms with Crippen LogP contribution in [0.15, 0.2) is 24.3 Å². The van der Waals surface area contributed by atoms with Crippen molar-refractivity contribution in [3.8, 4) is 5.75 Å². The molecule has 70 valence electrons. The molecule has 0 N–H and O–H groups in total. The number of aryl methyl sites for hydroxylation is 1. The van der Waals surface area contributed by atoms with Crippen molar-refractivity contribution in [2.45, 2.75) is 20.3 Å². The quantitative estimate of drug-likeness (QED) is 0.686. The standard InChI is InChI=1S/C12H16O/c1-4-7-11-9-6-8-10(5-2)12(11)13-3/h4,6-9H,5H2,1-3H3. The van der Waals surface area contributed by atoms with Crippen LogP contribution in [-0.2, 0) is 6.42 Å². The van der Waals surface area contributed by atoms with Crippen LogP contribution in [0.2, 0.25) is 0 Å². The predicted molar refractivity (Wildman–Crippen MR) is 57.1 cm³/mol. The van der Waals surface area contributed by atoms with E-state index in [2.05, 4.69) is 31.2 Å². The summed E-state index contributed by atoms with van der Waals surface area (Å²) in [4.78, 5) is 0. The Balaban J connectivity index is 3.18. The maximum absolute atomic E-state index is 5.37. The van der Waals surface area contributed by atoms with E-state index in [9.17, 15) is 0 Å². The van der Waals surface area contributed by atoms with Gasteiger partial charge >= 0.3 is 0 Å². The van der Waals surface area contributed by atoms with Crippen molar-refractivity contribution in [1.29, 1.82) is 0 Å². The fourth-order valence-electron chi connectivity index (χ4n) is 1.44. The molecule has 0 aliphatic heterocycles. The third-order valence-corrected chi connectivity index (χ3v) is 2.06. The van der Waals surface area contributed by atoms with E-state index in [1.165, 1.54) is 5.56 Å². The van der Waals surface area contributed by atoms with Gasteiger partial charge in [-0.15, -0.1) is 0 Å². The van der Waals surface area contributed by atoms with E-state index in [4.69, 9.17) is 4.74 Å². The van der Waals surface area contributed by atoms with Gasteiger partial charge in [-0.1, -0.05) is 37.3 Å². The van der Waals surface area contributed by atoms with Crippen molar-refractivity contribution in [2.24, 2.45) is 0 Å². The Labute approximate surface area is 80.0 Å². The first kappa shape index (κ1) is 9.85. The maximum Gasteiger partial charge on any atom is 0.129 e. The number of hydrogen-bond acceptors (Lipinski definition) is 1. The summed E-state index contributed by atoms with van der Waals surface area (Å²) in [5, 5.41) is 0. The summed E-state index contributed by atoms with van der Waals surface area (Å²) in [6.45, 7) is 4.15. The highest BCUT2D eigenvalue weighted by molar-refractivity contribution is 5.59. The minimum atomic E-state index is 1.00. The summed E-state index contributed by atoms with van der Waals surface area (Å²) in [6, 6.07) is 6.24. The number of allylic oxidation sites excluding steroid dienone is 1. The molecule has 0 aromatic heterocycles. The molecule has 0 aliphatic rings. The van der Waals surface area contributed by atoms with E-state index in [-0.39, 0.29) is 0 Å². The number of para-hydroxylation sites is 1. The molecule has 13 heavy (non-hydrogen) atoms. The Morgan fingerprint density at radius 2 is 2.15 bits per heavy atom. The van der Waals surface area contributed by atoms with E-state index in [1.807, 2.05) is 13.0 Å². The van der Waals surface area contributed by atoms with Crippen LogP contribution in [0.1, 0.15) is 25.0 Å². The molecule has 0 amide bonds. The van der Waals surface area contributed by atoms with Crippen molar-refractivity contribution in [3.63, 3.8) is 0 Å². The molecule has 1 heteroatoms. The highest BCUT2D eigenvalue weighted by Crippen LogP contribution is 2.25. The first-order valence-corrected chi connectivity index (χ1v) is 4.62. The molecular formula is C12H16O. The van der Waals surface area contributed by atoms with Gasteiger partial charge in [0.2, 0.25) is 0 Å². The van der Waals surface area contributed by atoms with Crippen LogP contribution in [0.3, 0.4) is 0 Å². The summed E-state index contributed by atoms with van der Waals surface area (Å²) in [7, 11) is 1.72. The molecule has 0 atom stereocenters. The largest absolute Gasteiger partial charge is 0.496 e. The molecule has 0 spiro atoms. The van der Waals surface area contributed by atoms with Crippen molar-refractivity contribution >= 4 is 6.08 Å². The van der Waals surface area contributed by atoms with E-state index >= 15 is 0 Å². The third-order valence-electron chi connectivity index (χ3n) is 2.06. The highest BCUT2D eigenvalue weighted by Gasteiger charge is 2.03. The molecule has 1 aromatic carbocycles. The highest BCUT2D eigenvalue weighted by atomic mass is 16.5. The Morgan fingerprint density at radius 1 is 1.38 bits per heavy atom. The van der Waals surface area contributed by atoms with Crippen LogP contribution in [0.5, 0.6) is 5.75 Å². The van der Waals surface area contributed by atoms with Gasteiger partial charge in [0.1, 0.15) is 5.75 Å². The number of methoxy groups -OCH3 is 1. The third kappa shape index (κ3) is 2.11. The van der Waals surface area contributed by atoms with Crippen molar-refractivity contribution < 1.29 is 4.74 Å². The van der Waals surface area contributed by atoms with Gasteiger partial charge in [0.25, 0.3) is 0 Å². The maximum atomic E-state index is 5.37. The summed E-state index contributed by atoms with van der Waals surface area (Å²) >= 11 is 0. The molecule has 0 saturated carbocycles. The van der Waals surface area contributed by atoms with Crippen LogP contribution in [0.25, 0.3) is 6.08 Å². The van der Waals surface area contributed by atoms with E-state index in [1.54, 1.807) is 7.11 Å². The van der Waals surface area contributed by atoms with Gasteiger partial charge in [0, 0.05) is 5.56 Å². The average molecular weight is 176 g/mol. The lowest BCUT2D eigenvalue weighted by atomic mass is 10.1. The monoisotopic (exact) mass is 176 g/mol. The zero-order chi connectivity index (χ0) is 9.68. The van der Waals surface area contributed by atoms with E-state index < -0.39 is 0 Å². The van der Waals surface area contributed by atoms with Crippen molar-refractivity contribution in [2.75, 3.05) is 7.11 Å². The Morgan fingerprint density at radius 3 is 2.69 bits per heavy atom. The summed E-state index contributed by atoms with van der Waals surface area (Å²) in [6.07, 6.45) is 5.10. The molecule has 1 nitrogen and oxygen atoms in total. The van der Waals surface area contributed by atoms with E-state index in [0.717, 1.165) is 17.7 Å². The lowest BCUT2D eigenvalue weighted by Gasteiger charge is -2.09. The lowest BCUT2D eigenvalue weighted by molar-refractivity contribution is 0.409. The Hall–Kier alpha value is -1.24. The van der Waals surface area contributed by atoms with Gasteiger partial charge in [0.05, 0.1) is 7.11 Å². The van der Waals surface area contributed by atoms with Gasteiger partial charge in [-0.3, -0.25) is 0 Å². The van der Waals surface area contributed by atoms with Gasteiger partial charge in [-0.05, 0) is 18.9 Å². The normalized spacial score (nSPS) is 10.7. The van der Waals surface area contributed by atoms with Gasteiger partial charge in [-0.2, -0.15) is 0 Å². The number of hydrogen-bond donors (Lipinski definition) is 0. The van der Waals surface area contributed by atoms with Gasteiger partial charge in [0.15, 0.2) is 0 Å². The Bertz CT molecular complexity index is 300. The molecule has 0 aliphatic carbocycles. The zero-order valence-corrected chi connectivity index (χ0v) is 8.50. The average Bonchev–Trinajstić information content (AvgIpc) is 2.18. The van der Waals surface area contributed by atoms with Crippen LogP contribution in [-0.4, -0.2) is 7.11 Å². The number of benzene rings is 1. The second-order valence-electron chi connectivity index (χ2n) is 2.89. The molecule has 0 bridgehead atoms. The summed E-state index contributed by atoms with van der Waals surface area (Å²) in [5.41, 5.74) is 2.42. The van der Waals surface area contributed by atoms with Crippen LogP contribution < -0.4 is 4.74 Å². The predicted octanol–water partition coefficient (Wildman–Crippen LogP) is 3.29. The van der Waals surface area contributed by atoms with Crippen LogP contribution in [0, 0.1) is 0 Å². The molecule has 1 aromatic rings. The smallest absolute Gasteiger partial charge is 0.129 e. The molecule has 1 rings (SSSR count). The first-order valence-electron chi connectivity index (χ1n) is 4.62. The van der Waals surface area contributed by atoms with Gasteiger partial charge in [-0.25, -0.2) is 0 Å². The van der Waals surface area contributed by atoms with Crippen LogP contribution >= 0.6 is 0 Å². The molecule has 0 fully saturated rings. The van der Waals surface area contributed by atoms with Crippen molar-refractivity contribution in [1.82, 2.24) is 0 Å². The number of ether oxygens (including phenoxy) is 1. The topological polar surface area (TPSA) is 9.23 Å². The van der Waals surface area contributed by atoms with E-state index in [0.29, 0.717) is 0 Å². The fourth-order valence-corrected chi connectivity index (χ4v) is 1.44. The zero-order valence-electron chi connectivity index (χ0n) is 8.50. The second kappa shape index (κ2) is 4.70. The Kier molecular flexibility index (Phi) is 3.56. The molecule has 0 unspecified atom stereocenters. The van der Waals surface area contributed by atoms with Crippen molar-refractivity contribution in [3.05, 3.63) is 35.4 Å². The molecule has 0 saturated heterocycles.